The molecule has 1 aromatic carbocycles. The highest BCUT2D eigenvalue weighted by Gasteiger charge is 2.33. The molecule has 0 spiro atoms. The summed E-state index contributed by atoms with van der Waals surface area (Å²) in [7, 11) is 1.62. The minimum atomic E-state index is -0.128. The lowest BCUT2D eigenvalue weighted by Crippen LogP contribution is -2.34. The Morgan fingerprint density at radius 1 is 1.38 bits per heavy atom. The van der Waals surface area contributed by atoms with E-state index in [9.17, 15) is 4.79 Å². The Hall–Kier alpha value is -1.71. The first-order valence-electron chi connectivity index (χ1n) is 7.59. The van der Waals surface area contributed by atoms with Gasteiger partial charge in [0.25, 0.3) is 5.91 Å². The van der Waals surface area contributed by atoms with Crippen LogP contribution in [0.1, 0.15) is 50.4 Å². The molecule has 2 atom stereocenters. The minimum Gasteiger partial charge on any atom is -0.488 e. The first-order chi connectivity index (χ1) is 9.80. The normalized spacial score (nSPS) is 24.4. The van der Waals surface area contributed by atoms with E-state index >= 15 is 0 Å². The molecule has 21 heavy (non-hydrogen) atoms. The van der Waals surface area contributed by atoms with Gasteiger partial charge in [0.15, 0.2) is 0 Å². The minimum absolute atomic E-state index is 0.128. The average molecular weight is 290 g/mol. The van der Waals surface area contributed by atoms with Gasteiger partial charge in [-0.25, -0.2) is 0 Å². The molecule has 1 aliphatic carbocycles. The Morgan fingerprint density at radius 3 is 2.71 bits per heavy atom. The monoisotopic (exact) mass is 290 g/mol. The van der Waals surface area contributed by atoms with E-state index in [2.05, 4.69) is 26.1 Å². The first-order valence-corrected chi connectivity index (χ1v) is 7.59. The van der Waals surface area contributed by atoms with E-state index in [1.165, 1.54) is 6.42 Å². The topological polar surface area (TPSA) is 64.4 Å². The maximum atomic E-state index is 11.7. The standard InChI is InChI=1S/C17H26N2O2/c1-11-7-13(10-17(2,3)9-11)21-15-8-12(16(20)19-4)5-6-14(15)18/h5-6,8,11,13H,7,9-10,18H2,1-4H3,(H,19,20). The van der Waals surface area contributed by atoms with Crippen molar-refractivity contribution in [2.75, 3.05) is 12.8 Å². The highest BCUT2D eigenvalue weighted by atomic mass is 16.5. The molecular weight excluding hydrogens is 264 g/mol. The van der Waals surface area contributed by atoms with E-state index in [-0.39, 0.29) is 17.4 Å². The van der Waals surface area contributed by atoms with Gasteiger partial charge in [0.05, 0.1) is 11.8 Å². The van der Waals surface area contributed by atoms with Crippen LogP contribution in [0.5, 0.6) is 5.75 Å². The van der Waals surface area contributed by atoms with Gasteiger partial charge in [-0.05, 0) is 48.8 Å². The second-order valence-electron chi connectivity index (χ2n) is 6.98. The van der Waals surface area contributed by atoms with Crippen LogP contribution in [0.4, 0.5) is 5.69 Å². The van der Waals surface area contributed by atoms with Crippen LogP contribution < -0.4 is 15.8 Å². The third kappa shape index (κ3) is 3.90. The zero-order valence-electron chi connectivity index (χ0n) is 13.4. The van der Waals surface area contributed by atoms with E-state index in [0.717, 1.165) is 12.8 Å². The van der Waals surface area contributed by atoms with Crippen molar-refractivity contribution in [3.63, 3.8) is 0 Å². The van der Waals surface area contributed by atoms with Crippen molar-refractivity contribution in [1.82, 2.24) is 5.32 Å². The predicted octanol–water partition coefficient (Wildman–Crippen LogP) is 3.22. The highest BCUT2D eigenvalue weighted by molar-refractivity contribution is 5.95. The average Bonchev–Trinajstić information content (AvgIpc) is 2.38. The summed E-state index contributed by atoms with van der Waals surface area (Å²) >= 11 is 0. The largest absolute Gasteiger partial charge is 0.488 e. The molecule has 3 N–H and O–H groups in total. The second-order valence-corrected chi connectivity index (χ2v) is 6.98. The predicted molar refractivity (Wildman–Crippen MR) is 85.5 cm³/mol. The zero-order valence-corrected chi connectivity index (χ0v) is 13.4. The van der Waals surface area contributed by atoms with Crippen LogP contribution in [0.3, 0.4) is 0 Å². The molecule has 2 rings (SSSR count). The molecule has 2 unspecified atom stereocenters. The number of hydrogen-bond acceptors (Lipinski definition) is 3. The summed E-state index contributed by atoms with van der Waals surface area (Å²) < 4.78 is 6.12. The Morgan fingerprint density at radius 2 is 2.10 bits per heavy atom. The molecule has 0 radical (unpaired) electrons. The smallest absolute Gasteiger partial charge is 0.251 e. The van der Waals surface area contributed by atoms with Gasteiger partial charge < -0.3 is 15.8 Å². The van der Waals surface area contributed by atoms with Crippen LogP contribution in [0.15, 0.2) is 18.2 Å². The fraction of sp³-hybridized carbons (Fsp3) is 0.588. The van der Waals surface area contributed by atoms with Crippen LogP contribution in [-0.2, 0) is 0 Å². The number of carbonyl (C=O) groups excluding carboxylic acids is 1. The molecule has 0 saturated heterocycles. The van der Waals surface area contributed by atoms with Gasteiger partial charge >= 0.3 is 0 Å². The fourth-order valence-electron chi connectivity index (χ4n) is 3.45. The molecule has 1 saturated carbocycles. The highest BCUT2D eigenvalue weighted by Crippen LogP contribution is 2.40. The molecule has 0 aliphatic heterocycles. The Balaban J connectivity index is 2.17. The van der Waals surface area contributed by atoms with Gasteiger partial charge in [-0.15, -0.1) is 0 Å². The van der Waals surface area contributed by atoms with E-state index in [0.29, 0.717) is 22.9 Å². The van der Waals surface area contributed by atoms with Crippen LogP contribution in [0.2, 0.25) is 0 Å². The number of nitrogens with one attached hydrogen (secondary N) is 1. The lowest BCUT2D eigenvalue weighted by Gasteiger charge is -2.39. The molecule has 0 bridgehead atoms. The van der Waals surface area contributed by atoms with Crippen molar-refractivity contribution in [2.24, 2.45) is 11.3 Å². The van der Waals surface area contributed by atoms with Crippen LogP contribution >= 0.6 is 0 Å². The van der Waals surface area contributed by atoms with Crippen molar-refractivity contribution in [3.8, 4) is 5.75 Å². The Labute approximate surface area is 127 Å². The SMILES string of the molecule is CNC(=O)c1ccc(N)c(OC2CC(C)CC(C)(C)C2)c1. The molecule has 4 nitrogen and oxygen atoms in total. The van der Waals surface area contributed by atoms with Gasteiger partial charge in [-0.3, -0.25) is 4.79 Å². The molecule has 116 valence electrons. The van der Waals surface area contributed by atoms with E-state index in [1.807, 2.05) is 0 Å². The molecular formula is C17H26N2O2. The van der Waals surface area contributed by atoms with Gasteiger partial charge in [-0.1, -0.05) is 20.8 Å². The summed E-state index contributed by atoms with van der Waals surface area (Å²) in [6.45, 7) is 6.83. The number of rotatable bonds is 3. The lowest BCUT2D eigenvalue weighted by molar-refractivity contribution is 0.0566. The lowest BCUT2D eigenvalue weighted by atomic mass is 9.71. The summed E-state index contributed by atoms with van der Waals surface area (Å²) in [5.74, 6) is 1.13. The number of benzene rings is 1. The summed E-state index contributed by atoms with van der Waals surface area (Å²) in [6.07, 6.45) is 3.43. The maximum Gasteiger partial charge on any atom is 0.251 e. The summed E-state index contributed by atoms with van der Waals surface area (Å²) in [6, 6.07) is 5.19. The Bertz CT molecular complexity index is 526. The molecule has 1 aromatic rings. The van der Waals surface area contributed by atoms with Gasteiger partial charge in [-0.2, -0.15) is 0 Å². The van der Waals surface area contributed by atoms with Crippen LogP contribution in [-0.4, -0.2) is 19.1 Å². The number of nitrogens with two attached hydrogens (primary N) is 1. The molecule has 1 aliphatic rings. The molecule has 0 heterocycles. The van der Waals surface area contributed by atoms with Crippen molar-refractivity contribution in [3.05, 3.63) is 23.8 Å². The summed E-state index contributed by atoms with van der Waals surface area (Å²) in [5, 5.41) is 2.62. The number of ether oxygens (including phenoxy) is 1. The second kappa shape index (κ2) is 5.96. The van der Waals surface area contributed by atoms with Crippen molar-refractivity contribution in [2.45, 2.75) is 46.1 Å². The third-order valence-electron chi connectivity index (χ3n) is 4.14. The Kier molecular flexibility index (Phi) is 4.45. The number of amides is 1. The fourth-order valence-corrected chi connectivity index (χ4v) is 3.45. The van der Waals surface area contributed by atoms with Crippen molar-refractivity contribution >= 4 is 11.6 Å². The summed E-state index contributed by atoms with van der Waals surface area (Å²) in [4.78, 5) is 11.7. The van der Waals surface area contributed by atoms with Crippen LogP contribution in [0, 0.1) is 11.3 Å². The van der Waals surface area contributed by atoms with Crippen molar-refractivity contribution in [1.29, 1.82) is 0 Å². The molecule has 4 heteroatoms. The first kappa shape index (κ1) is 15.7. The van der Waals surface area contributed by atoms with Crippen molar-refractivity contribution < 1.29 is 9.53 Å². The van der Waals surface area contributed by atoms with E-state index in [1.54, 1.807) is 25.2 Å². The third-order valence-corrected chi connectivity index (χ3v) is 4.14. The maximum absolute atomic E-state index is 11.7. The number of anilines is 1. The van der Waals surface area contributed by atoms with E-state index in [4.69, 9.17) is 10.5 Å². The quantitative estimate of drug-likeness (QED) is 0.840. The number of carbonyl (C=O) groups is 1. The molecule has 1 amide bonds. The number of nitrogen functional groups attached to an aromatic ring is 1. The molecule has 0 aromatic heterocycles. The summed E-state index contributed by atoms with van der Waals surface area (Å²) in [5.41, 5.74) is 7.44. The van der Waals surface area contributed by atoms with Crippen LogP contribution in [0.25, 0.3) is 0 Å². The van der Waals surface area contributed by atoms with Gasteiger partial charge in [0, 0.05) is 12.6 Å². The molecule has 1 fully saturated rings. The zero-order chi connectivity index (χ0) is 15.6. The van der Waals surface area contributed by atoms with Gasteiger partial charge in [0.2, 0.25) is 0 Å². The van der Waals surface area contributed by atoms with Gasteiger partial charge in [0.1, 0.15) is 5.75 Å². The number of hydrogen-bond donors (Lipinski definition) is 2. The van der Waals surface area contributed by atoms with E-state index < -0.39 is 0 Å².